The number of carbonyl (C=O) groups excluding carboxylic acids is 2. The number of nitrogens with one attached hydrogen (secondary N) is 1. The molecule has 0 aliphatic heterocycles. The second-order valence-corrected chi connectivity index (χ2v) is 5.92. The molecule has 1 amide bonds. The molecule has 0 aromatic heterocycles. The lowest BCUT2D eigenvalue weighted by molar-refractivity contribution is -0.127. The summed E-state index contributed by atoms with van der Waals surface area (Å²) in [5.41, 5.74) is 0. The Labute approximate surface area is 160 Å². The van der Waals surface area contributed by atoms with Gasteiger partial charge in [0.05, 0.1) is 45.7 Å². The summed E-state index contributed by atoms with van der Waals surface area (Å²) in [6, 6.07) is 0. The zero-order valence-electron chi connectivity index (χ0n) is 17.5. The summed E-state index contributed by atoms with van der Waals surface area (Å²) in [6.45, 7) is 14.8. The normalized spacial score (nSPS) is 10.6. The maximum Gasteiger partial charge on any atom is 0.222 e. The van der Waals surface area contributed by atoms with E-state index < -0.39 is 0 Å². The van der Waals surface area contributed by atoms with Gasteiger partial charge < -0.3 is 24.3 Å². The standard InChI is InChI=1S/C17H33NO6.C2H6.H2/c1-14(2)16(19)13-23-10-9-22-8-6-18-17(20)5-7-21-11-12-24-15(3)4;1-2;/h14-15H,5-13H2,1-4H3,(H,18,20);1-2H3;1H. The van der Waals surface area contributed by atoms with E-state index in [-0.39, 0.29) is 31.7 Å². The lowest BCUT2D eigenvalue weighted by Gasteiger charge is -2.09. The lowest BCUT2D eigenvalue weighted by Crippen LogP contribution is -2.28. The van der Waals surface area contributed by atoms with E-state index in [0.29, 0.717) is 52.6 Å². The molecule has 7 heteroatoms. The second-order valence-electron chi connectivity index (χ2n) is 5.92. The van der Waals surface area contributed by atoms with Crippen molar-refractivity contribution in [1.29, 1.82) is 0 Å². The molecule has 0 fully saturated rings. The number of ketones is 1. The number of hydrogen-bond acceptors (Lipinski definition) is 6. The molecule has 0 unspecified atom stereocenters. The zero-order valence-corrected chi connectivity index (χ0v) is 17.5. The van der Waals surface area contributed by atoms with Crippen molar-refractivity contribution in [3.8, 4) is 0 Å². The number of carbonyl (C=O) groups is 2. The smallest absolute Gasteiger partial charge is 0.222 e. The van der Waals surface area contributed by atoms with Crippen LogP contribution in [0.15, 0.2) is 0 Å². The van der Waals surface area contributed by atoms with Crippen molar-refractivity contribution in [3.05, 3.63) is 0 Å². The molecule has 0 aromatic rings. The quantitative estimate of drug-likeness (QED) is 0.415. The fourth-order valence-electron chi connectivity index (χ4n) is 1.52. The van der Waals surface area contributed by atoms with E-state index in [1.807, 2.05) is 41.5 Å². The summed E-state index contributed by atoms with van der Waals surface area (Å²) in [6.07, 6.45) is 0.514. The Hall–Kier alpha value is -1.02. The average Bonchev–Trinajstić information content (AvgIpc) is 2.61. The van der Waals surface area contributed by atoms with Gasteiger partial charge in [-0.2, -0.15) is 0 Å². The topological polar surface area (TPSA) is 83.1 Å². The molecule has 0 radical (unpaired) electrons. The average molecular weight is 380 g/mol. The Bertz CT molecular complexity index is 340. The Kier molecular flexibility index (Phi) is 21.2. The van der Waals surface area contributed by atoms with Crippen LogP contribution < -0.4 is 5.32 Å². The molecule has 0 rings (SSSR count). The van der Waals surface area contributed by atoms with Gasteiger partial charge in [-0.05, 0) is 13.8 Å². The minimum absolute atomic E-state index is 0. The van der Waals surface area contributed by atoms with E-state index in [1.165, 1.54) is 0 Å². The van der Waals surface area contributed by atoms with Crippen molar-refractivity contribution in [2.75, 3.05) is 52.8 Å². The van der Waals surface area contributed by atoms with Gasteiger partial charge in [0.1, 0.15) is 6.61 Å². The minimum Gasteiger partial charge on any atom is -0.379 e. The van der Waals surface area contributed by atoms with Gasteiger partial charge in [-0.25, -0.2) is 0 Å². The molecule has 0 bridgehead atoms. The second kappa shape index (κ2) is 20.3. The van der Waals surface area contributed by atoms with Crippen LogP contribution in [0.3, 0.4) is 0 Å². The van der Waals surface area contributed by atoms with Crippen molar-refractivity contribution in [3.63, 3.8) is 0 Å². The van der Waals surface area contributed by atoms with Crippen LogP contribution in [-0.4, -0.2) is 70.6 Å². The number of hydrogen-bond donors (Lipinski definition) is 1. The molecular weight excluding hydrogens is 338 g/mol. The van der Waals surface area contributed by atoms with Gasteiger partial charge in [0.25, 0.3) is 0 Å². The molecule has 26 heavy (non-hydrogen) atoms. The van der Waals surface area contributed by atoms with E-state index in [1.54, 1.807) is 0 Å². The highest BCUT2D eigenvalue weighted by molar-refractivity contribution is 5.81. The van der Waals surface area contributed by atoms with E-state index in [0.717, 1.165) is 0 Å². The first-order valence-electron chi connectivity index (χ1n) is 9.57. The highest BCUT2D eigenvalue weighted by Gasteiger charge is 2.06. The molecule has 158 valence electrons. The Morgan fingerprint density at radius 1 is 0.846 bits per heavy atom. The first kappa shape index (κ1) is 27.2. The first-order chi connectivity index (χ1) is 12.4. The molecule has 0 aliphatic rings. The molecular formula is C19H41NO6. The van der Waals surface area contributed by atoms with Crippen molar-refractivity contribution < 1.29 is 30.0 Å². The van der Waals surface area contributed by atoms with Crippen LogP contribution in [0.2, 0.25) is 0 Å². The molecule has 0 saturated carbocycles. The number of ether oxygens (including phenoxy) is 4. The summed E-state index contributed by atoms with van der Waals surface area (Å²) in [5, 5.41) is 2.75. The van der Waals surface area contributed by atoms with Crippen molar-refractivity contribution in [1.82, 2.24) is 5.32 Å². The third-order valence-electron chi connectivity index (χ3n) is 2.98. The number of rotatable bonds is 16. The fourth-order valence-corrected chi connectivity index (χ4v) is 1.52. The van der Waals surface area contributed by atoms with Crippen LogP contribution in [0.25, 0.3) is 0 Å². The molecule has 0 atom stereocenters. The molecule has 0 aliphatic carbocycles. The van der Waals surface area contributed by atoms with Gasteiger partial charge in [0, 0.05) is 20.3 Å². The molecule has 0 saturated heterocycles. The van der Waals surface area contributed by atoms with Crippen LogP contribution in [0, 0.1) is 5.92 Å². The third kappa shape index (κ3) is 21.0. The summed E-state index contributed by atoms with van der Waals surface area (Å²) < 4.78 is 21.1. The van der Waals surface area contributed by atoms with Crippen molar-refractivity contribution in [2.24, 2.45) is 5.92 Å². The summed E-state index contributed by atoms with van der Waals surface area (Å²) >= 11 is 0. The molecule has 0 heterocycles. The van der Waals surface area contributed by atoms with Gasteiger partial charge >= 0.3 is 0 Å². The predicted molar refractivity (Wildman–Crippen MR) is 104 cm³/mol. The molecule has 1 N–H and O–H groups in total. The SMILES string of the molecule is CC.CC(C)OCCOCCC(=O)NCCOCCOCC(=O)C(C)C.[HH]. The van der Waals surface area contributed by atoms with E-state index in [9.17, 15) is 9.59 Å². The minimum atomic E-state index is -0.0674. The van der Waals surface area contributed by atoms with Gasteiger partial charge in [-0.1, -0.05) is 27.7 Å². The van der Waals surface area contributed by atoms with Gasteiger partial charge in [-0.15, -0.1) is 0 Å². The molecule has 7 nitrogen and oxygen atoms in total. The van der Waals surface area contributed by atoms with Crippen LogP contribution in [0.5, 0.6) is 0 Å². The van der Waals surface area contributed by atoms with E-state index in [2.05, 4.69) is 5.32 Å². The predicted octanol–water partition coefficient (Wildman–Crippen LogP) is 2.46. The van der Waals surface area contributed by atoms with Crippen molar-refractivity contribution >= 4 is 11.7 Å². The van der Waals surface area contributed by atoms with Crippen molar-refractivity contribution in [2.45, 2.75) is 54.1 Å². The van der Waals surface area contributed by atoms with Crippen LogP contribution in [0.4, 0.5) is 0 Å². The van der Waals surface area contributed by atoms with E-state index >= 15 is 0 Å². The van der Waals surface area contributed by atoms with Gasteiger partial charge in [0.15, 0.2) is 5.78 Å². The summed E-state index contributed by atoms with van der Waals surface area (Å²) in [7, 11) is 0. The number of Topliss-reactive ketones (excluding diaryl/α,β-unsaturated/α-hetero) is 1. The van der Waals surface area contributed by atoms with Gasteiger partial charge in [-0.3, -0.25) is 9.59 Å². The van der Waals surface area contributed by atoms with Crippen LogP contribution in [-0.2, 0) is 28.5 Å². The van der Waals surface area contributed by atoms with Crippen LogP contribution in [0.1, 0.15) is 49.4 Å². The summed E-state index contributed by atoms with van der Waals surface area (Å²) in [4.78, 5) is 22.8. The summed E-state index contributed by atoms with van der Waals surface area (Å²) in [5.74, 6) is 0.00949. The largest absolute Gasteiger partial charge is 0.379 e. The Morgan fingerprint density at radius 3 is 2.04 bits per heavy atom. The fraction of sp³-hybridized carbons (Fsp3) is 0.895. The van der Waals surface area contributed by atoms with Gasteiger partial charge in [0.2, 0.25) is 5.91 Å². The Morgan fingerprint density at radius 2 is 1.42 bits per heavy atom. The highest BCUT2D eigenvalue weighted by atomic mass is 16.5. The number of amides is 1. The third-order valence-corrected chi connectivity index (χ3v) is 2.98. The maximum atomic E-state index is 11.5. The Balaban J connectivity index is -0.00000185. The maximum absolute atomic E-state index is 11.5. The lowest BCUT2D eigenvalue weighted by atomic mass is 10.1. The molecule has 0 spiro atoms. The highest BCUT2D eigenvalue weighted by Crippen LogP contribution is 1.94. The zero-order chi connectivity index (χ0) is 20.2. The monoisotopic (exact) mass is 379 g/mol. The van der Waals surface area contributed by atoms with Crippen LogP contribution >= 0.6 is 0 Å². The molecule has 0 aromatic carbocycles. The van der Waals surface area contributed by atoms with E-state index in [4.69, 9.17) is 18.9 Å². The first-order valence-corrected chi connectivity index (χ1v) is 9.57.